The van der Waals surface area contributed by atoms with Crippen molar-refractivity contribution in [3.05, 3.63) is 23.7 Å². The number of hydrogen-bond donors (Lipinski definition) is 2. The number of furan rings is 1. The van der Waals surface area contributed by atoms with Gasteiger partial charge in [0, 0.05) is 24.7 Å². The van der Waals surface area contributed by atoms with Crippen LogP contribution in [0.15, 0.2) is 16.7 Å². The van der Waals surface area contributed by atoms with Crippen LogP contribution in [0.25, 0.3) is 0 Å². The minimum absolute atomic E-state index is 0.361. The Balaban J connectivity index is 2.33. The Hall–Kier alpha value is -0.800. The van der Waals surface area contributed by atoms with Gasteiger partial charge in [-0.2, -0.15) is 0 Å². The van der Waals surface area contributed by atoms with Crippen molar-refractivity contribution in [2.45, 2.75) is 26.4 Å². The van der Waals surface area contributed by atoms with Crippen LogP contribution in [0.5, 0.6) is 0 Å². The molecule has 0 amide bonds. The number of nitrogens with two attached hydrogens (primary N) is 1. The summed E-state index contributed by atoms with van der Waals surface area (Å²) in [7, 11) is 0. The third kappa shape index (κ3) is 2.68. The molecule has 0 spiro atoms. The molecule has 0 fully saturated rings. The molecule has 0 aliphatic heterocycles. The second kappa shape index (κ2) is 4.28. The molecule has 0 saturated carbocycles. The van der Waals surface area contributed by atoms with E-state index in [1.54, 1.807) is 6.26 Å². The van der Waals surface area contributed by atoms with Crippen LogP contribution in [0.4, 0.5) is 0 Å². The van der Waals surface area contributed by atoms with Crippen LogP contribution in [0.3, 0.4) is 0 Å². The summed E-state index contributed by atoms with van der Waals surface area (Å²) in [5.41, 5.74) is 6.63. The van der Waals surface area contributed by atoms with E-state index in [4.69, 9.17) is 10.2 Å². The molecule has 0 aliphatic rings. The minimum atomic E-state index is 0.361. The smallest absolute Gasteiger partial charge is 0.101 e. The van der Waals surface area contributed by atoms with Crippen molar-refractivity contribution >= 4 is 0 Å². The van der Waals surface area contributed by atoms with E-state index in [0.29, 0.717) is 12.6 Å². The largest absolute Gasteiger partial charge is 0.469 e. The van der Waals surface area contributed by atoms with Gasteiger partial charge in [-0.15, -0.1) is 0 Å². The van der Waals surface area contributed by atoms with Crippen molar-refractivity contribution in [2.24, 2.45) is 5.73 Å². The SMILES string of the molecule is Cc1cc(CN[C@H](C)CN)co1. The second-order valence-electron chi connectivity index (χ2n) is 3.08. The monoisotopic (exact) mass is 168 g/mol. The molecule has 0 aliphatic carbocycles. The Kier molecular flexibility index (Phi) is 3.31. The first-order chi connectivity index (χ1) is 5.72. The Morgan fingerprint density at radius 1 is 1.67 bits per heavy atom. The van der Waals surface area contributed by atoms with Gasteiger partial charge in [0.2, 0.25) is 0 Å². The summed E-state index contributed by atoms with van der Waals surface area (Å²) in [5.74, 6) is 0.951. The summed E-state index contributed by atoms with van der Waals surface area (Å²) < 4.78 is 5.16. The van der Waals surface area contributed by atoms with Crippen molar-refractivity contribution in [3.8, 4) is 0 Å². The van der Waals surface area contributed by atoms with Gasteiger partial charge >= 0.3 is 0 Å². The first-order valence-corrected chi connectivity index (χ1v) is 4.20. The summed E-state index contributed by atoms with van der Waals surface area (Å²) in [6.07, 6.45) is 1.77. The van der Waals surface area contributed by atoms with Crippen molar-refractivity contribution in [1.82, 2.24) is 5.32 Å². The fraction of sp³-hybridized carbons (Fsp3) is 0.556. The summed E-state index contributed by atoms with van der Waals surface area (Å²) in [5, 5.41) is 3.28. The number of hydrogen-bond acceptors (Lipinski definition) is 3. The third-order valence-corrected chi connectivity index (χ3v) is 1.79. The van der Waals surface area contributed by atoms with Gasteiger partial charge in [0.25, 0.3) is 0 Å². The Bertz CT molecular complexity index is 232. The van der Waals surface area contributed by atoms with Gasteiger partial charge in [-0.25, -0.2) is 0 Å². The molecule has 1 heterocycles. The first-order valence-electron chi connectivity index (χ1n) is 4.20. The quantitative estimate of drug-likeness (QED) is 0.706. The van der Waals surface area contributed by atoms with Crippen LogP contribution in [0.2, 0.25) is 0 Å². The fourth-order valence-corrected chi connectivity index (χ4v) is 0.966. The lowest BCUT2D eigenvalue weighted by atomic mass is 10.3. The van der Waals surface area contributed by atoms with Gasteiger partial charge in [-0.05, 0) is 19.9 Å². The zero-order valence-corrected chi connectivity index (χ0v) is 7.63. The topological polar surface area (TPSA) is 51.2 Å². The maximum atomic E-state index is 5.46. The normalized spacial score (nSPS) is 13.2. The Morgan fingerprint density at radius 2 is 2.42 bits per heavy atom. The fourth-order valence-electron chi connectivity index (χ4n) is 0.966. The van der Waals surface area contributed by atoms with Crippen molar-refractivity contribution < 1.29 is 4.42 Å². The predicted octanol–water partition coefficient (Wildman–Crippen LogP) is 1.02. The van der Waals surface area contributed by atoms with E-state index in [1.165, 1.54) is 5.56 Å². The second-order valence-corrected chi connectivity index (χ2v) is 3.08. The molecule has 3 heteroatoms. The Labute approximate surface area is 72.9 Å². The third-order valence-electron chi connectivity index (χ3n) is 1.79. The van der Waals surface area contributed by atoms with E-state index in [9.17, 15) is 0 Å². The lowest BCUT2D eigenvalue weighted by molar-refractivity contribution is 0.522. The molecule has 12 heavy (non-hydrogen) atoms. The molecular formula is C9H16N2O. The van der Waals surface area contributed by atoms with Crippen molar-refractivity contribution in [3.63, 3.8) is 0 Å². The average molecular weight is 168 g/mol. The van der Waals surface area contributed by atoms with Crippen LogP contribution in [-0.4, -0.2) is 12.6 Å². The lowest BCUT2D eigenvalue weighted by Crippen LogP contribution is -2.32. The molecule has 1 rings (SSSR count). The summed E-state index contributed by atoms with van der Waals surface area (Å²) in [6, 6.07) is 2.39. The van der Waals surface area contributed by atoms with Crippen LogP contribution in [0, 0.1) is 6.92 Å². The van der Waals surface area contributed by atoms with Gasteiger partial charge in [0.05, 0.1) is 6.26 Å². The minimum Gasteiger partial charge on any atom is -0.469 e. The Morgan fingerprint density at radius 3 is 2.92 bits per heavy atom. The maximum absolute atomic E-state index is 5.46. The van der Waals surface area contributed by atoms with Crippen molar-refractivity contribution in [2.75, 3.05) is 6.54 Å². The van der Waals surface area contributed by atoms with E-state index in [-0.39, 0.29) is 0 Å². The molecule has 1 aromatic rings. The molecule has 0 aromatic carbocycles. The highest BCUT2D eigenvalue weighted by Crippen LogP contribution is 2.05. The maximum Gasteiger partial charge on any atom is 0.101 e. The molecule has 1 aromatic heterocycles. The van der Waals surface area contributed by atoms with E-state index in [0.717, 1.165) is 12.3 Å². The predicted molar refractivity (Wildman–Crippen MR) is 48.8 cm³/mol. The molecule has 0 saturated heterocycles. The highest BCUT2D eigenvalue weighted by molar-refractivity contribution is 5.11. The van der Waals surface area contributed by atoms with Gasteiger partial charge in [0.1, 0.15) is 5.76 Å². The molecule has 0 unspecified atom stereocenters. The zero-order valence-electron chi connectivity index (χ0n) is 7.63. The zero-order chi connectivity index (χ0) is 8.97. The van der Waals surface area contributed by atoms with Crippen LogP contribution >= 0.6 is 0 Å². The lowest BCUT2D eigenvalue weighted by Gasteiger charge is -2.08. The van der Waals surface area contributed by atoms with Crippen molar-refractivity contribution in [1.29, 1.82) is 0 Å². The molecule has 68 valence electrons. The van der Waals surface area contributed by atoms with Gasteiger partial charge < -0.3 is 15.5 Å². The van der Waals surface area contributed by atoms with Crippen LogP contribution in [0.1, 0.15) is 18.2 Å². The summed E-state index contributed by atoms with van der Waals surface area (Å²) >= 11 is 0. The molecular weight excluding hydrogens is 152 g/mol. The van der Waals surface area contributed by atoms with E-state index < -0.39 is 0 Å². The molecule has 0 bridgehead atoms. The van der Waals surface area contributed by atoms with E-state index in [2.05, 4.69) is 12.2 Å². The molecule has 0 radical (unpaired) electrons. The van der Waals surface area contributed by atoms with Crippen LogP contribution < -0.4 is 11.1 Å². The van der Waals surface area contributed by atoms with Crippen LogP contribution in [-0.2, 0) is 6.54 Å². The van der Waals surface area contributed by atoms with E-state index in [1.807, 2.05) is 13.0 Å². The van der Waals surface area contributed by atoms with Gasteiger partial charge in [-0.1, -0.05) is 0 Å². The summed E-state index contributed by atoms with van der Waals surface area (Å²) in [4.78, 5) is 0. The molecule has 1 atom stereocenters. The highest BCUT2D eigenvalue weighted by atomic mass is 16.3. The van der Waals surface area contributed by atoms with E-state index >= 15 is 0 Å². The molecule has 3 nitrogen and oxygen atoms in total. The first kappa shape index (κ1) is 9.29. The average Bonchev–Trinajstić information content (AvgIpc) is 2.47. The molecule has 3 N–H and O–H groups in total. The number of aryl methyl sites for hydroxylation is 1. The highest BCUT2D eigenvalue weighted by Gasteiger charge is 2.00. The summed E-state index contributed by atoms with van der Waals surface area (Å²) in [6.45, 7) is 5.50. The number of nitrogens with one attached hydrogen (secondary N) is 1. The number of rotatable bonds is 4. The standard InChI is InChI=1S/C9H16N2O/c1-7(4-10)11-5-9-3-8(2)12-6-9/h3,6-7,11H,4-5,10H2,1-2H3/t7-/m1/s1. The van der Waals surface area contributed by atoms with Gasteiger partial charge in [-0.3, -0.25) is 0 Å². The van der Waals surface area contributed by atoms with Gasteiger partial charge in [0.15, 0.2) is 0 Å².